The number of hydrogen-bond acceptors (Lipinski definition) is 5. The number of carbonyl (C=O) groups is 1. The maximum atomic E-state index is 12.0. The van der Waals surface area contributed by atoms with Gasteiger partial charge >= 0.3 is 5.88 Å². The van der Waals surface area contributed by atoms with Crippen LogP contribution in [0.5, 0.6) is 0 Å². The fourth-order valence-corrected chi connectivity index (χ4v) is 2.04. The molecule has 24 heavy (non-hydrogen) atoms. The molecule has 7 nitrogen and oxygen atoms in total. The van der Waals surface area contributed by atoms with E-state index in [-0.39, 0.29) is 11.3 Å². The van der Waals surface area contributed by atoms with Gasteiger partial charge in [-0.2, -0.15) is 5.26 Å². The van der Waals surface area contributed by atoms with Crippen molar-refractivity contribution in [1.29, 1.82) is 5.26 Å². The zero-order chi connectivity index (χ0) is 17.4. The lowest BCUT2D eigenvalue weighted by molar-refractivity contribution is -0.402. The van der Waals surface area contributed by atoms with Crippen molar-refractivity contribution in [3.8, 4) is 6.07 Å². The highest BCUT2D eigenvalue weighted by Gasteiger charge is 2.13. The first kappa shape index (κ1) is 17.0. The van der Waals surface area contributed by atoms with E-state index >= 15 is 0 Å². The van der Waals surface area contributed by atoms with Gasteiger partial charge in [0.2, 0.25) is 0 Å². The summed E-state index contributed by atoms with van der Waals surface area (Å²) in [6.07, 6.45) is 2.73. The Hall–Kier alpha value is -3.40. The van der Waals surface area contributed by atoms with Crippen LogP contribution in [0.2, 0.25) is 0 Å². The molecule has 7 heteroatoms. The van der Waals surface area contributed by atoms with Crippen LogP contribution in [0.1, 0.15) is 17.7 Å². The Labute approximate surface area is 138 Å². The van der Waals surface area contributed by atoms with Crippen molar-refractivity contribution in [2.75, 3.05) is 6.54 Å². The number of carbonyl (C=O) groups excluding carboxylic acids is 1. The fourth-order valence-electron chi connectivity index (χ4n) is 2.04. The van der Waals surface area contributed by atoms with Crippen LogP contribution >= 0.6 is 0 Å². The third-order valence-corrected chi connectivity index (χ3v) is 3.21. The van der Waals surface area contributed by atoms with E-state index in [4.69, 9.17) is 9.68 Å². The van der Waals surface area contributed by atoms with Gasteiger partial charge in [-0.3, -0.25) is 14.9 Å². The molecule has 0 radical (unpaired) electrons. The number of rotatable bonds is 7. The summed E-state index contributed by atoms with van der Waals surface area (Å²) in [5.74, 6) is -0.899. The normalized spacial score (nSPS) is 10.9. The van der Waals surface area contributed by atoms with Crippen LogP contribution < -0.4 is 5.32 Å². The molecule has 2 rings (SSSR count). The van der Waals surface area contributed by atoms with Gasteiger partial charge < -0.3 is 9.73 Å². The van der Waals surface area contributed by atoms with Crippen LogP contribution in [-0.4, -0.2) is 17.4 Å². The topological polar surface area (TPSA) is 109 Å². The number of benzene rings is 1. The van der Waals surface area contributed by atoms with Gasteiger partial charge in [-0.05, 0) is 24.5 Å². The van der Waals surface area contributed by atoms with E-state index in [1.165, 1.54) is 23.8 Å². The molecule has 0 saturated heterocycles. The Bertz CT molecular complexity index is 788. The second kappa shape index (κ2) is 8.29. The first-order valence-electron chi connectivity index (χ1n) is 7.28. The minimum Gasteiger partial charge on any atom is -0.401 e. The number of furan rings is 1. The van der Waals surface area contributed by atoms with Gasteiger partial charge in [-0.15, -0.1) is 0 Å². The van der Waals surface area contributed by atoms with Crippen molar-refractivity contribution in [2.24, 2.45) is 0 Å². The average molecular weight is 325 g/mol. The van der Waals surface area contributed by atoms with E-state index in [0.29, 0.717) is 6.54 Å². The molecule has 0 fully saturated rings. The van der Waals surface area contributed by atoms with Crippen LogP contribution in [0.25, 0.3) is 6.08 Å². The lowest BCUT2D eigenvalue weighted by atomic mass is 10.1. The Morgan fingerprint density at radius 1 is 1.29 bits per heavy atom. The summed E-state index contributed by atoms with van der Waals surface area (Å²) in [7, 11) is 0. The molecule has 1 amide bonds. The highest BCUT2D eigenvalue weighted by molar-refractivity contribution is 6.01. The Kier molecular flexibility index (Phi) is 5.86. The second-order valence-electron chi connectivity index (χ2n) is 4.95. The van der Waals surface area contributed by atoms with Crippen LogP contribution in [0.15, 0.2) is 52.5 Å². The number of nitro groups is 1. The molecule has 0 aliphatic rings. The number of aryl methyl sites for hydroxylation is 1. The Morgan fingerprint density at radius 2 is 2.04 bits per heavy atom. The number of nitriles is 1. The summed E-state index contributed by atoms with van der Waals surface area (Å²) in [6, 6.07) is 14.1. The van der Waals surface area contributed by atoms with Gasteiger partial charge in [0.05, 0.1) is 6.07 Å². The number of amides is 1. The maximum absolute atomic E-state index is 12.0. The highest BCUT2D eigenvalue weighted by Crippen LogP contribution is 2.18. The SMILES string of the molecule is N#C/C(=C/c1ccc([N+](=O)[O-])o1)C(=O)NCCCc1ccccc1. The summed E-state index contributed by atoms with van der Waals surface area (Å²) < 4.78 is 4.90. The molecule has 122 valence electrons. The monoisotopic (exact) mass is 325 g/mol. The minimum absolute atomic E-state index is 0.0812. The summed E-state index contributed by atoms with van der Waals surface area (Å²) >= 11 is 0. The quantitative estimate of drug-likeness (QED) is 0.277. The van der Waals surface area contributed by atoms with E-state index in [1.807, 2.05) is 30.3 Å². The zero-order valence-corrected chi connectivity index (χ0v) is 12.8. The molecule has 0 unspecified atom stereocenters. The average Bonchev–Trinajstić information content (AvgIpc) is 3.06. The van der Waals surface area contributed by atoms with Crippen LogP contribution in [-0.2, 0) is 11.2 Å². The van der Waals surface area contributed by atoms with Crippen molar-refractivity contribution in [1.82, 2.24) is 5.32 Å². The molecule has 0 bridgehead atoms. The van der Waals surface area contributed by atoms with E-state index < -0.39 is 16.7 Å². The van der Waals surface area contributed by atoms with Crippen molar-refractivity contribution >= 4 is 17.9 Å². The first-order chi connectivity index (χ1) is 11.6. The van der Waals surface area contributed by atoms with E-state index in [1.54, 1.807) is 6.07 Å². The first-order valence-corrected chi connectivity index (χ1v) is 7.28. The molecule has 1 heterocycles. The molecule has 1 N–H and O–H groups in total. The smallest absolute Gasteiger partial charge is 0.401 e. The minimum atomic E-state index is -0.687. The predicted molar refractivity (Wildman–Crippen MR) is 86.7 cm³/mol. The van der Waals surface area contributed by atoms with Crippen molar-refractivity contribution in [3.63, 3.8) is 0 Å². The summed E-state index contributed by atoms with van der Waals surface area (Å²) in [4.78, 5) is 21.8. The van der Waals surface area contributed by atoms with Crippen LogP contribution in [0, 0.1) is 21.4 Å². The summed E-state index contributed by atoms with van der Waals surface area (Å²) in [5.41, 5.74) is 1.00. The largest absolute Gasteiger partial charge is 0.433 e. The van der Waals surface area contributed by atoms with Gasteiger partial charge in [-0.25, -0.2) is 0 Å². The molecule has 1 aromatic heterocycles. The van der Waals surface area contributed by atoms with Gasteiger partial charge in [0.15, 0.2) is 0 Å². The van der Waals surface area contributed by atoms with E-state index in [0.717, 1.165) is 12.8 Å². The van der Waals surface area contributed by atoms with Gasteiger partial charge in [0, 0.05) is 12.6 Å². The molecule has 0 atom stereocenters. The predicted octanol–water partition coefficient (Wildman–Crippen LogP) is 2.84. The standard InChI is InChI=1S/C17H15N3O4/c18-12-14(11-15-8-9-16(24-15)20(22)23)17(21)19-10-4-7-13-5-2-1-3-6-13/h1-3,5-6,8-9,11H,4,7,10H2,(H,19,21)/b14-11-. The second-order valence-corrected chi connectivity index (χ2v) is 4.95. The van der Waals surface area contributed by atoms with E-state index in [2.05, 4.69) is 5.32 Å². The number of nitrogens with one attached hydrogen (secondary N) is 1. The molecular weight excluding hydrogens is 310 g/mol. The summed E-state index contributed by atoms with van der Waals surface area (Å²) in [5, 5.41) is 22.2. The summed E-state index contributed by atoms with van der Waals surface area (Å²) in [6.45, 7) is 0.422. The molecule has 0 saturated carbocycles. The van der Waals surface area contributed by atoms with Crippen LogP contribution in [0.3, 0.4) is 0 Å². The van der Waals surface area contributed by atoms with E-state index in [9.17, 15) is 14.9 Å². The third kappa shape index (κ3) is 4.81. The highest BCUT2D eigenvalue weighted by atomic mass is 16.6. The van der Waals surface area contributed by atoms with Crippen LogP contribution in [0.4, 0.5) is 5.88 Å². The molecule has 0 aliphatic heterocycles. The molecular formula is C17H15N3O4. The molecule has 2 aromatic rings. The molecule has 1 aromatic carbocycles. The maximum Gasteiger partial charge on any atom is 0.433 e. The molecule has 0 aliphatic carbocycles. The number of nitrogens with zero attached hydrogens (tertiary/aromatic N) is 2. The van der Waals surface area contributed by atoms with Gasteiger partial charge in [0.25, 0.3) is 5.91 Å². The van der Waals surface area contributed by atoms with Crippen molar-refractivity contribution in [3.05, 3.63) is 69.5 Å². The lowest BCUT2D eigenvalue weighted by Crippen LogP contribution is -2.25. The van der Waals surface area contributed by atoms with Crippen molar-refractivity contribution in [2.45, 2.75) is 12.8 Å². The third-order valence-electron chi connectivity index (χ3n) is 3.21. The number of hydrogen-bond donors (Lipinski definition) is 1. The Morgan fingerprint density at radius 3 is 2.67 bits per heavy atom. The lowest BCUT2D eigenvalue weighted by Gasteiger charge is -2.04. The fraction of sp³-hybridized carbons (Fsp3) is 0.176. The molecule has 0 spiro atoms. The Balaban J connectivity index is 1.88. The van der Waals surface area contributed by atoms with Gasteiger partial charge in [0.1, 0.15) is 22.3 Å². The zero-order valence-electron chi connectivity index (χ0n) is 12.8. The van der Waals surface area contributed by atoms with Gasteiger partial charge in [-0.1, -0.05) is 30.3 Å². The van der Waals surface area contributed by atoms with Crippen molar-refractivity contribution < 1.29 is 14.1 Å².